The Bertz CT molecular complexity index is 2350. The maximum absolute atomic E-state index is 3.36. The van der Waals surface area contributed by atoms with Crippen LogP contribution >= 0.6 is 0 Å². The van der Waals surface area contributed by atoms with Gasteiger partial charge in [0.05, 0.1) is 0 Å². The average molecular weight is 758 g/mol. The Balaban J connectivity index is 0.000000280. The molecule has 6 aromatic rings. The minimum Gasteiger partial charge on any atom is -0.345 e. The molecule has 6 aromatic carbocycles. The van der Waals surface area contributed by atoms with Gasteiger partial charge in [-0.05, 0) is 136 Å². The van der Waals surface area contributed by atoms with Gasteiger partial charge in [-0.15, -0.1) is 12.3 Å². The average Bonchev–Trinajstić information content (AvgIpc) is 3.39. The van der Waals surface area contributed by atoms with Gasteiger partial charge in [-0.2, -0.15) is 0 Å². The molecule has 2 aliphatic rings. The normalized spacial score (nSPS) is 12.6. The highest BCUT2D eigenvalue weighted by molar-refractivity contribution is 5.84. The fourth-order valence-electron chi connectivity index (χ4n) is 7.77. The summed E-state index contributed by atoms with van der Waals surface area (Å²) in [7, 11) is 2.07. The van der Waals surface area contributed by atoms with E-state index in [1.807, 2.05) is 51.1 Å². The Morgan fingerprint density at radius 3 is 1.79 bits per heavy atom. The number of benzene rings is 6. The largest absolute Gasteiger partial charge is 0.345 e. The maximum atomic E-state index is 3.36. The molecule has 1 heteroatoms. The molecule has 0 atom stereocenters. The number of hydrogen-bond acceptors (Lipinski definition) is 1. The molecule has 0 unspecified atom stereocenters. The first-order valence-electron chi connectivity index (χ1n) is 20.8. The van der Waals surface area contributed by atoms with Gasteiger partial charge in [0, 0.05) is 23.8 Å². The number of allylic oxidation sites excluding steroid dienone is 6. The van der Waals surface area contributed by atoms with Crippen molar-refractivity contribution in [1.82, 2.24) is 0 Å². The summed E-state index contributed by atoms with van der Waals surface area (Å²) in [6, 6.07) is 52.3. The second kappa shape index (κ2) is 21.2. The van der Waals surface area contributed by atoms with Crippen molar-refractivity contribution in [2.75, 3.05) is 11.9 Å². The summed E-state index contributed by atoms with van der Waals surface area (Å²) in [5.74, 6) is 0. The first kappa shape index (κ1) is 42.7. The van der Waals surface area contributed by atoms with Crippen LogP contribution in [0.3, 0.4) is 0 Å². The van der Waals surface area contributed by atoms with Crippen molar-refractivity contribution in [2.24, 2.45) is 0 Å². The minimum absolute atomic E-state index is 0.110. The van der Waals surface area contributed by atoms with Crippen molar-refractivity contribution >= 4 is 29.1 Å². The number of rotatable bonds is 8. The van der Waals surface area contributed by atoms with E-state index < -0.39 is 0 Å². The van der Waals surface area contributed by atoms with Crippen LogP contribution in [0, 0.1) is 6.92 Å². The number of nitrogens with zero attached hydrogens (tertiary/aromatic N) is 1. The van der Waals surface area contributed by atoms with Gasteiger partial charge < -0.3 is 4.90 Å². The zero-order chi connectivity index (χ0) is 41.3. The summed E-state index contributed by atoms with van der Waals surface area (Å²) in [6.07, 6.45) is 18.7. The third kappa shape index (κ3) is 9.93. The predicted octanol–water partition coefficient (Wildman–Crippen LogP) is 16.3. The molecule has 2 aliphatic carbocycles. The monoisotopic (exact) mass is 757 g/mol. The molecule has 0 heterocycles. The molecule has 0 radical (unpaired) electrons. The van der Waals surface area contributed by atoms with Crippen LogP contribution in [0.4, 0.5) is 11.4 Å². The fourth-order valence-corrected chi connectivity index (χ4v) is 7.77. The molecule has 0 bridgehead atoms. The van der Waals surface area contributed by atoms with E-state index in [0.29, 0.717) is 0 Å². The molecule has 0 saturated heterocycles. The summed E-state index contributed by atoms with van der Waals surface area (Å²) in [5, 5.41) is 0. The van der Waals surface area contributed by atoms with Crippen LogP contribution in [0.1, 0.15) is 80.8 Å². The Morgan fingerprint density at radius 1 is 0.603 bits per heavy atom. The van der Waals surface area contributed by atoms with E-state index in [0.717, 1.165) is 12.8 Å². The number of fused-ring (bicyclic) bond motifs is 3. The molecule has 0 aliphatic heterocycles. The topological polar surface area (TPSA) is 3.24 Å². The molecular formula is C57H59N. The second-order valence-corrected chi connectivity index (χ2v) is 14.2. The molecule has 0 fully saturated rings. The number of aryl methyl sites for hydroxylation is 1. The van der Waals surface area contributed by atoms with E-state index in [9.17, 15) is 0 Å². The van der Waals surface area contributed by atoms with Crippen LogP contribution in [-0.2, 0) is 5.41 Å². The Morgan fingerprint density at radius 2 is 1.16 bits per heavy atom. The molecule has 1 nitrogen and oxygen atoms in total. The maximum Gasteiger partial charge on any atom is 0.0408 e. The van der Waals surface area contributed by atoms with Crippen LogP contribution in [0.25, 0.3) is 40.0 Å². The lowest BCUT2D eigenvalue weighted by Crippen LogP contribution is -2.23. The first-order chi connectivity index (χ1) is 28.4. The Labute approximate surface area is 349 Å². The fraction of sp³-hybridized carbons (Fsp3) is 0.175. The van der Waals surface area contributed by atoms with Gasteiger partial charge in [0.2, 0.25) is 0 Å². The van der Waals surface area contributed by atoms with Crippen LogP contribution in [0.5, 0.6) is 0 Å². The summed E-state index contributed by atoms with van der Waals surface area (Å²) in [5.41, 5.74) is 20.1. The van der Waals surface area contributed by atoms with Crippen molar-refractivity contribution in [3.05, 3.63) is 228 Å². The number of hydrogen-bond donors (Lipinski definition) is 0. The van der Waals surface area contributed by atoms with Crippen LogP contribution < -0.4 is 4.90 Å². The summed E-state index contributed by atoms with van der Waals surface area (Å²) < 4.78 is 0. The predicted molar refractivity (Wildman–Crippen MR) is 257 cm³/mol. The van der Waals surface area contributed by atoms with E-state index in [1.165, 1.54) is 72.6 Å². The van der Waals surface area contributed by atoms with Gasteiger partial charge >= 0.3 is 0 Å². The van der Waals surface area contributed by atoms with E-state index in [-0.39, 0.29) is 5.41 Å². The van der Waals surface area contributed by atoms with Gasteiger partial charge in [0.25, 0.3) is 0 Å². The van der Waals surface area contributed by atoms with E-state index >= 15 is 0 Å². The van der Waals surface area contributed by atoms with Gasteiger partial charge in [-0.25, -0.2) is 0 Å². The number of para-hydroxylation sites is 2. The Kier molecular flexibility index (Phi) is 15.6. The summed E-state index contributed by atoms with van der Waals surface area (Å²) in [6.45, 7) is 16.1. The van der Waals surface area contributed by atoms with Crippen molar-refractivity contribution in [3.8, 4) is 22.3 Å². The molecule has 0 spiro atoms. The molecule has 0 saturated carbocycles. The highest BCUT2D eigenvalue weighted by Crippen LogP contribution is 2.52. The molecule has 58 heavy (non-hydrogen) atoms. The highest BCUT2D eigenvalue weighted by Gasteiger charge is 2.40. The van der Waals surface area contributed by atoms with Crippen LogP contribution in [0.15, 0.2) is 194 Å². The molecular weight excluding hydrogens is 699 g/mol. The molecule has 0 N–H and O–H groups in total. The third-order valence-electron chi connectivity index (χ3n) is 10.9. The number of anilines is 2. The Hall–Kier alpha value is -6.40. The zero-order valence-corrected chi connectivity index (χ0v) is 35.5. The lowest BCUT2D eigenvalue weighted by Gasteiger charge is -2.29. The SMILES string of the molecule is C=CC.CC.CCC1(CC)c2ccccc2-c2ccc(/C=C/c3ccc(-c4cc(C5=CC=C=CC=C5)ccc4C)cc3)cc21.CN(c1ccccc1)c1ccccc1. The lowest BCUT2D eigenvalue weighted by molar-refractivity contribution is 0.490. The van der Waals surface area contributed by atoms with E-state index in [2.05, 4.69) is 203 Å². The zero-order valence-electron chi connectivity index (χ0n) is 35.5. The summed E-state index contributed by atoms with van der Waals surface area (Å²) in [4.78, 5) is 2.17. The minimum atomic E-state index is 0.110. The van der Waals surface area contributed by atoms with Gasteiger partial charge in [0.15, 0.2) is 0 Å². The van der Waals surface area contributed by atoms with E-state index in [1.54, 1.807) is 6.08 Å². The van der Waals surface area contributed by atoms with Crippen LogP contribution in [-0.4, -0.2) is 7.05 Å². The van der Waals surface area contributed by atoms with Gasteiger partial charge in [-0.1, -0.05) is 173 Å². The second-order valence-electron chi connectivity index (χ2n) is 14.2. The van der Waals surface area contributed by atoms with Gasteiger partial charge in [0.1, 0.15) is 0 Å². The molecule has 0 aromatic heterocycles. The summed E-state index contributed by atoms with van der Waals surface area (Å²) >= 11 is 0. The van der Waals surface area contributed by atoms with Crippen molar-refractivity contribution < 1.29 is 0 Å². The molecule has 0 amide bonds. The standard InChI is InChI=1S/C39H34.C13H13N.C3H6.C2H6/c1-4-39(5-2)37-15-11-10-14-34(37)35-25-21-30(26-38(35)39)18-17-29-19-23-32(24-20-29)36-27-33(22-16-28(36)3)31-12-8-6-7-9-13-31;1-14(12-8-4-2-5-9-12)13-10-6-3-7-11-13;1-3-2;1-2/h6,8-27H,4-5H2,1-3H3;2-11H,1H3;3H,1H2,2H3;1-2H3/b18-17+;;;. The van der Waals surface area contributed by atoms with E-state index in [4.69, 9.17) is 0 Å². The van der Waals surface area contributed by atoms with Crippen molar-refractivity contribution in [2.45, 2.75) is 59.8 Å². The first-order valence-corrected chi connectivity index (χ1v) is 20.8. The van der Waals surface area contributed by atoms with Gasteiger partial charge in [-0.3, -0.25) is 0 Å². The van der Waals surface area contributed by atoms with Crippen molar-refractivity contribution in [3.63, 3.8) is 0 Å². The highest BCUT2D eigenvalue weighted by atomic mass is 15.1. The molecule has 292 valence electrons. The van der Waals surface area contributed by atoms with Crippen molar-refractivity contribution in [1.29, 1.82) is 0 Å². The molecule has 8 rings (SSSR count). The smallest absolute Gasteiger partial charge is 0.0408 e. The van der Waals surface area contributed by atoms with Crippen LogP contribution in [0.2, 0.25) is 0 Å². The third-order valence-corrected chi connectivity index (χ3v) is 10.9. The lowest BCUT2D eigenvalue weighted by atomic mass is 9.73. The quantitative estimate of drug-likeness (QED) is 0.0849.